The molecule has 0 saturated carbocycles. The maximum absolute atomic E-state index is 5.84. The van der Waals surface area contributed by atoms with Crippen LogP contribution < -0.4 is 5.32 Å². The monoisotopic (exact) mass is 290 g/mol. The summed E-state index contributed by atoms with van der Waals surface area (Å²) in [5.74, 6) is 0. The molecule has 0 bridgehead atoms. The number of rotatable bonds is 4. The average molecular weight is 290 g/mol. The summed E-state index contributed by atoms with van der Waals surface area (Å²) in [6.07, 6.45) is 0.651. The Kier molecular flexibility index (Phi) is 5.42. The molecule has 3 atom stereocenters. The van der Waals surface area contributed by atoms with Gasteiger partial charge in [-0.2, -0.15) is 0 Å². The first-order chi connectivity index (χ1) is 9.90. The SMILES string of the molecule is CNC(CN1C[C@@H](C)O[C@@H](C)C1)c1c(C)cc(C)cc1C. The van der Waals surface area contributed by atoms with Gasteiger partial charge in [0, 0.05) is 25.7 Å². The normalized spacial score (nSPS) is 25.0. The predicted octanol–water partition coefficient (Wildman–Crippen LogP) is 2.98. The molecule has 1 heterocycles. The molecule has 21 heavy (non-hydrogen) atoms. The highest BCUT2D eigenvalue weighted by Gasteiger charge is 2.25. The lowest BCUT2D eigenvalue weighted by Crippen LogP contribution is -2.48. The lowest BCUT2D eigenvalue weighted by Gasteiger charge is -2.37. The second-order valence-electron chi connectivity index (χ2n) is 6.63. The lowest BCUT2D eigenvalue weighted by atomic mass is 9.93. The van der Waals surface area contributed by atoms with Gasteiger partial charge >= 0.3 is 0 Å². The van der Waals surface area contributed by atoms with Gasteiger partial charge in [0.2, 0.25) is 0 Å². The summed E-state index contributed by atoms with van der Waals surface area (Å²) >= 11 is 0. The Labute approximate surface area is 129 Å². The zero-order chi connectivity index (χ0) is 15.6. The summed E-state index contributed by atoms with van der Waals surface area (Å²) < 4.78 is 5.84. The van der Waals surface area contributed by atoms with Gasteiger partial charge < -0.3 is 10.1 Å². The standard InChI is InChI=1S/C18H30N2O/c1-12-7-13(2)18(14(3)8-12)17(19-6)11-20-9-15(4)21-16(5)10-20/h7-8,15-17,19H,9-11H2,1-6H3/t15-,16+,17?. The van der Waals surface area contributed by atoms with E-state index < -0.39 is 0 Å². The van der Waals surface area contributed by atoms with Crippen molar-refractivity contribution in [1.29, 1.82) is 0 Å². The van der Waals surface area contributed by atoms with Crippen LogP contribution in [0.5, 0.6) is 0 Å². The van der Waals surface area contributed by atoms with E-state index in [-0.39, 0.29) is 0 Å². The second kappa shape index (κ2) is 6.91. The van der Waals surface area contributed by atoms with Crippen molar-refractivity contribution in [2.75, 3.05) is 26.7 Å². The Morgan fingerprint density at radius 1 is 1.14 bits per heavy atom. The summed E-state index contributed by atoms with van der Waals surface area (Å²) in [6, 6.07) is 4.96. The number of benzene rings is 1. The van der Waals surface area contributed by atoms with Crippen LogP contribution in [0.4, 0.5) is 0 Å². The molecule has 0 aromatic heterocycles. The highest BCUT2D eigenvalue weighted by Crippen LogP contribution is 2.25. The molecule has 0 radical (unpaired) electrons. The predicted molar refractivity (Wildman–Crippen MR) is 88.9 cm³/mol. The van der Waals surface area contributed by atoms with E-state index in [9.17, 15) is 0 Å². The minimum atomic E-state index is 0.325. The first-order valence-corrected chi connectivity index (χ1v) is 8.03. The molecule has 1 aliphatic rings. The largest absolute Gasteiger partial charge is 0.373 e. The number of nitrogens with zero attached hydrogens (tertiary/aromatic N) is 1. The second-order valence-corrected chi connectivity index (χ2v) is 6.63. The Morgan fingerprint density at radius 3 is 2.14 bits per heavy atom. The number of hydrogen-bond acceptors (Lipinski definition) is 3. The number of likely N-dealkylation sites (N-methyl/N-ethyl adjacent to an activating group) is 1. The molecule has 3 heteroatoms. The molecule has 0 aliphatic carbocycles. The van der Waals surface area contributed by atoms with Crippen LogP contribution in [0.25, 0.3) is 0 Å². The molecule has 1 aliphatic heterocycles. The van der Waals surface area contributed by atoms with E-state index in [1.165, 1.54) is 22.3 Å². The van der Waals surface area contributed by atoms with Crippen LogP contribution in [-0.2, 0) is 4.74 Å². The Bertz CT molecular complexity index is 453. The molecule has 0 amide bonds. The van der Waals surface area contributed by atoms with Crippen LogP contribution in [0.3, 0.4) is 0 Å². The molecular formula is C18H30N2O. The van der Waals surface area contributed by atoms with Gasteiger partial charge in [-0.05, 0) is 58.4 Å². The van der Waals surface area contributed by atoms with E-state index in [4.69, 9.17) is 4.74 Å². The van der Waals surface area contributed by atoms with Crippen LogP contribution in [0.15, 0.2) is 12.1 Å². The van der Waals surface area contributed by atoms with E-state index in [2.05, 4.69) is 64.0 Å². The molecule has 1 N–H and O–H groups in total. The summed E-state index contributed by atoms with van der Waals surface area (Å²) in [4.78, 5) is 2.53. The van der Waals surface area contributed by atoms with Gasteiger partial charge in [0.05, 0.1) is 12.2 Å². The molecule has 1 unspecified atom stereocenters. The highest BCUT2D eigenvalue weighted by atomic mass is 16.5. The number of hydrogen-bond donors (Lipinski definition) is 1. The van der Waals surface area contributed by atoms with Crippen molar-refractivity contribution in [3.63, 3.8) is 0 Å². The highest BCUT2D eigenvalue weighted by molar-refractivity contribution is 5.39. The molecule has 118 valence electrons. The summed E-state index contributed by atoms with van der Waals surface area (Å²) in [5.41, 5.74) is 5.58. The Morgan fingerprint density at radius 2 is 1.67 bits per heavy atom. The van der Waals surface area contributed by atoms with Gasteiger partial charge in [-0.15, -0.1) is 0 Å². The molecule has 1 aromatic carbocycles. The van der Waals surface area contributed by atoms with Gasteiger partial charge in [-0.1, -0.05) is 17.7 Å². The summed E-state index contributed by atoms with van der Waals surface area (Å²) in [7, 11) is 2.07. The number of ether oxygens (including phenoxy) is 1. The van der Waals surface area contributed by atoms with Crippen molar-refractivity contribution in [3.8, 4) is 0 Å². The van der Waals surface area contributed by atoms with Crippen molar-refractivity contribution in [2.24, 2.45) is 0 Å². The zero-order valence-corrected chi connectivity index (χ0v) is 14.4. The fraction of sp³-hybridized carbons (Fsp3) is 0.667. The smallest absolute Gasteiger partial charge is 0.0678 e. The fourth-order valence-corrected chi connectivity index (χ4v) is 3.76. The van der Waals surface area contributed by atoms with Gasteiger partial charge in [-0.25, -0.2) is 0 Å². The van der Waals surface area contributed by atoms with Gasteiger partial charge in [-0.3, -0.25) is 4.90 Å². The first-order valence-electron chi connectivity index (χ1n) is 8.03. The number of morpholine rings is 1. The minimum absolute atomic E-state index is 0.325. The molecule has 3 nitrogen and oxygen atoms in total. The third-order valence-corrected chi connectivity index (χ3v) is 4.37. The minimum Gasteiger partial charge on any atom is -0.373 e. The molecular weight excluding hydrogens is 260 g/mol. The van der Waals surface area contributed by atoms with Gasteiger partial charge in [0.1, 0.15) is 0 Å². The van der Waals surface area contributed by atoms with Crippen LogP contribution in [0.1, 0.15) is 42.1 Å². The van der Waals surface area contributed by atoms with E-state index >= 15 is 0 Å². The third-order valence-electron chi connectivity index (χ3n) is 4.37. The van der Waals surface area contributed by atoms with Crippen molar-refractivity contribution >= 4 is 0 Å². The zero-order valence-electron chi connectivity index (χ0n) is 14.4. The average Bonchev–Trinajstić information content (AvgIpc) is 2.35. The van der Waals surface area contributed by atoms with Gasteiger partial charge in [0.15, 0.2) is 0 Å². The Balaban J connectivity index is 2.17. The van der Waals surface area contributed by atoms with Crippen molar-refractivity contribution < 1.29 is 4.74 Å². The van der Waals surface area contributed by atoms with E-state index in [1.807, 2.05) is 0 Å². The molecule has 1 saturated heterocycles. The molecule has 0 spiro atoms. The fourth-order valence-electron chi connectivity index (χ4n) is 3.76. The maximum Gasteiger partial charge on any atom is 0.0678 e. The molecule has 2 rings (SSSR count). The van der Waals surface area contributed by atoms with Crippen molar-refractivity contribution in [3.05, 3.63) is 34.4 Å². The van der Waals surface area contributed by atoms with E-state index in [0.29, 0.717) is 18.2 Å². The number of nitrogens with one attached hydrogen (secondary N) is 1. The summed E-state index contributed by atoms with van der Waals surface area (Å²) in [6.45, 7) is 14.0. The quantitative estimate of drug-likeness (QED) is 0.922. The van der Waals surface area contributed by atoms with Crippen LogP contribution in [-0.4, -0.2) is 43.8 Å². The number of aryl methyl sites for hydroxylation is 3. The maximum atomic E-state index is 5.84. The lowest BCUT2D eigenvalue weighted by molar-refractivity contribution is -0.0698. The van der Waals surface area contributed by atoms with Gasteiger partial charge in [0.25, 0.3) is 0 Å². The Hall–Kier alpha value is -0.900. The van der Waals surface area contributed by atoms with Crippen LogP contribution >= 0.6 is 0 Å². The third kappa shape index (κ3) is 4.06. The topological polar surface area (TPSA) is 24.5 Å². The van der Waals surface area contributed by atoms with Crippen LogP contribution in [0, 0.1) is 20.8 Å². The summed E-state index contributed by atoms with van der Waals surface area (Å²) in [5, 5.41) is 3.51. The molecule has 1 fully saturated rings. The van der Waals surface area contributed by atoms with E-state index in [0.717, 1.165) is 19.6 Å². The first kappa shape index (κ1) is 16.5. The van der Waals surface area contributed by atoms with Crippen molar-refractivity contribution in [1.82, 2.24) is 10.2 Å². The van der Waals surface area contributed by atoms with Crippen molar-refractivity contribution in [2.45, 2.75) is 52.9 Å². The molecule has 1 aromatic rings. The van der Waals surface area contributed by atoms with Crippen LogP contribution in [0.2, 0.25) is 0 Å². The van der Waals surface area contributed by atoms with E-state index in [1.54, 1.807) is 0 Å².